The highest BCUT2D eigenvalue weighted by molar-refractivity contribution is 7.89. The molecule has 1 N–H and O–H groups in total. The lowest BCUT2D eigenvalue weighted by molar-refractivity contribution is 0.0442. The van der Waals surface area contributed by atoms with E-state index >= 15 is 0 Å². The van der Waals surface area contributed by atoms with E-state index in [1.807, 2.05) is 44.4 Å². The van der Waals surface area contributed by atoms with Gasteiger partial charge in [-0.15, -0.1) is 0 Å². The minimum Gasteiger partial charge on any atom is -0.396 e. The second-order valence-corrected chi connectivity index (χ2v) is 9.18. The average molecular weight is 362 g/mol. The number of sulfonamides is 1. The molecule has 0 radical (unpaired) electrons. The monoisotopic (exact) mass is 362 g/mol. The molecule has 136 valence electrons. The number of hydrogen-bond donors (Lipinski definition) is 1. The van der Waals surface area contributed by atoms with E-state index in [4.69, 9.17) is 0 Å². The van der Waals surface area contributed by atoms with E-state index in [1.54, 1.807) is 16.4 Å². The molecule has 25 heavy (non-hydrogen) atoms. The summed E-state index contributed by atoms with van der Waals surface area (Å²) in [5.74, 6) is 0. The van der Waals surface area contributed by atoms with Crippen molar-refractivity contribution in [3.63, 3.8) is 0 Å². The van der Waals surface area contributed by atoms with Gasteiger partial charge in [0.2, 0.25) is 10.0 Å². The molecule has 1 fully saturated rings. The summed E-state index contributed by atoms with van der Waals surface area (Å²) in [5.41, 5.74) is -0.214. The number of rotatable bonds is 5. The van der Waals surface area contributed by atoms with Crippen molar-refractivity contribution in [3.05, 3.63) is 42.5 Å². The van der Waals surface area contributed by atoms with Gasteiger partial charge in [-0.1, -0.05) is 36.4 Å². The molecule has 0 aliphatic carbocycles. The first-order chi connectivity index (χ1) is 11.9. The highest BCUT2D eigenvalue weighted by Crippen LogP contribution is 2.35. The van der Waals surface area contributed by atoms with Gasteiger partial charge in [-0.2, -0.15) is 4.31 Å². The Bertz CT molecular complexity index is 835. The minimum absolute atomic E-state index is 0.0906. The van der Waals surface area contributed by atoms with Crippen LogP contribution in [-0.4, -0.2) is 63.1 Å². The second kappa shape index (κ2) is 7.03. The van der Waals surface area contributed by atoms with E-state index in [0.717, 1.165) is 17.3 Å². The molecular formula is C19H26N2O3S. The van der Waals surface area contributed by atoms with Crippen LogP contribution in [0.25, 0.3) is 10.8 Å². The first-order valence-corrected chi connectivity index (χ1v) is 10.1. The standard InChI is InChI=1S/C19H26N2O3S/c1-20(2)14-19(15-22)10-12-21(13-11-19)25(23,24)18-9-5-7-16-6-3-4-8-17(16)18/h3-9,22H,10-15H2,1-2H3. The van der Waals surface area contributed by atoms with Crippen LogP contribution in [0.4, 0.5) is 0 Å². The topological polar surface area (TPSA) is 60.9 Å². The largest absolute Gasteiger partial charge is 0.396 e. The Morgan fingerprint density at radius 1 is 1.08 bits per heavy atom. The first kappa shape index (κ1) is 18.3. The molecule has 0 bridgehead atoms. The number of benzene rings is 2. The number of aliphatic hydroxyl groups excluding tert-OH is 1. The quantitative estimate of drug-likeness (QED) is 0.885. The van der Waals surface area contributed by atoms with Crippen molar-refractivity contribution in [2.45, 2.75) is 17.7 Å². The summed E-state index contributed by atoms with van der Waals surface area (Å²) in [6.07, 6.45) is 1.34. The molecule has 3 rings (SSSR count). The fourth-order valence-electron chi connectivity index (χ4n) is 3.80. The van der Waals surface area contributed by atoms with Gasteiger partial charge in [0.25, 0.3) is 0 Å². The van der Waals surface area contributed by atoms with E-state index in [1.165, 1.54) is 0 Å². The molecule has 6 heteroatoms. The zero-order valence-corrected chi connectivity index (χ0v) is 15.7. The Balaban J connectivity index is 1.87. The molecule has 0 unspecified atom stereocenters. The van der Waals surface area contributed by atoms with Gasteiger partial charge in [0.15, 0.2) is 0 Å². The van der Waals surface area contributed by atoms with Crippen LogP contribution in [0.15, 0.2) is 47.4 Å². The van der Waals surface area contributed by atoms with Crippen molar-refractivity contribution in [3.8, 4) is 0 Å². The van der Waals surface area contributed by atoms with Crippen molar-refractivity contribution in [1.82, 2.24) is 9.21 Å². The molecule has 1 heterocycles. The van der Waals surface area contributed by atoms with Crippen molar-refractivity contribution in [1.29, 1.82) is 0 Å². The normalized spacial score (nSPS) is 18.7. The average Bonchev–Trinajstić information content (AvgIpc) is 2.61. The predicted molar refractivity (Wildman–Crippen MR) is 100 cm³/mol. The van der Waals surface area contributed by atoms with Gasteiger partial charge in [0, 0.05) is 30.4 Å². The summed E-state index contributed by atoms with van der Waals surface area (Å²) in [7, 11) is 0.428. The third kappa shape index (κ3) is 3.58. The van der Waals surface area contributed by atoms with Crippen LogP contribution in [0, 0.1) is 5.41 Å². The SMILES string of the molecule is CN(C)CC1(CO)CCN(S(=O)(=O)c2cccc3ccccc23)CC1. The maximum absolute atomic E-state index is 13.2. The summed E-state index contributed by atoms with van der Waals surface area (Å²) in [5, 5.41) is 11.5. The summed E-state index contributed by atoms with van der Waals surface area (Å²) in [6.45, 7) is 1.75. The number of aliphatic hydroxyl groups is 1. The molecule has 0 atom stereocenters. The van der Waals surface area contributed by atoms with Gasteiger partial charge in [-0.05, 0) is 38.4 Å². The predicted octanol–water partition coefficient (Wildman–Crippen LogP) is 2.16. The molecule has 1 aliphatic heterocycles. The fourth-order valence-corrected chi connectivity index (χ4v) is 5.45. The van der Waals surface area contributed by atoms with E-state index < -0.39 is 10.0 Å². The maximum Gasteiger partial charge on any atom is 0.243 e. The van der Waals surface area contributed by atoms with Gasteiger partial charge in [0.1, 0.15) is 0 Å². The van der Waals surface area contributed by atoms with E-state index in [0.29, 0.717) is 30.8 Å². The number of hydrogen-bond acceptors (Lipinski definition) is 4. The lowest BCUT2D eigenvalue weighted by Gasteiger charge is -2.41. The summed E-state index contributed by atoms with van der Waals surface area (Å²) < 4.78 is 27.9. The zero-order valence-electron chi connectivity index (χ0n) is 14.9. The smallest absolute Gasteiger partial charge is 0.243 e. The fraction of sp³-hybridized carbons (Fsp3) is 0.474. The third-order valence-corrected chi connectivity index (χ3v) is 7.09. The van der Waals surface area contributed by atoms with E-state index in [2.05, 4.69) is 4.90 Å². The molecule has 2 aromatic carbocycles. The van der Waals surface area contributed by atoms with Gasteiger partial charge in [-0.3, -0.25) is 0 Å². The van der Waals surface area contributed by atoms with Crippen LogP contribution in [0.2, 0.25) is 0 Å². The summed E-state index contributed by atoms with van der Waals surface area (Å²) in [4.78, 5) is 2.43. The van der Waals surface area contributed by atoms with Gasteiger partial charge in [-0.25, -0.2) is 8.42 Å². The van der Waals surface area contributed by atoms with Crippen LogP contribution in [-0.2, 0) is 10.0 Å². The lowest BCUT2D eigenvalue weighted by Crippen LogP contribution is -2.48. The van der Waals surface area contributed by atoms with Gasteiger partial charge in [0.05, 0.1) is 11.5 Å². The van der Waals surface area contributed by atoms with Crippen molar-refractivity contribution < 1.29 is 13.5 Å². The highest BCUT2D eigenvalue weighted by Gasteiger charge is 2.38. The summed E-state index contributed by atoms with van der Waals surface area (Å²) >= 11 is 0. The molecule has 2 aromatic rings. The number of fused-ring (bicyclic) bond motifs is 1. The van der Waals surface area contributed by atoms with Crippen molar-refractivity contribution >= 4 is 20.8 Å². The Hall–Kier alpha value is -1.47. The van der Waals surface area contributed by atoms with Crippen LogP contribution in [0.5, 0.6) is 0 Å². The highest BCUT2D eigenvalue weighted by atomic mass is 32.2. The van der Waals surface area contributed by atoms with Crippen molar-refractivity contribution in [2.75, 3.05) is 40.3 Å². The molecular weight excluding hydrogens is 336 g/mol. The Kier molecular flexibility index (Phi) is 5.16. The lowest BCUT2D eigenvalue weighted by atomic mass is 9.79. The molecule has 1 saturated heterocycles. The van der Waals surface area contributed by atoms with Crippen LogP contribution in [0.1, 0.15) is 12.8 Å². The van der Waals surface area contributed by atoms with Crippen LogP contribution < -0.4 is 0 Å². The number of piperidine rings is 1. The zero-order chi connectivity index (χ0) is 18.1. The van der Waals surface area contributed by atoms with E-state index in [-0.39, 0.29) is 12.0 Å². The third-order valence-electron chi connectivity index (χ3n) is 5.14. The first-order valence-electron chi connectivity index (χ1n) is 8.61. The Labute approximate surface area is 149 Å². The second-order valence-electron chi connectivity index (χ2n) is 7.28. The minimum atomic E-state index is -3.54. The Morgan fingerprint density at radius 3 is 2.36 bits per heavy atom. The van der Waals surface area contributed by atoms with Crippen LogP contribution in [0.3, 0.4) is 0 Å². The molecule has 0 spiro atoms. The molecule has 5 nitrogen and oxygen atoms in total. The maximum atomic E-state index is 13.2. The summed E-state index contributed by atoms with van der Waals surface area (Å²) in [6, 6.07) is 13.0. The molecule has 1 aliphatic rings. The van der Waals surface area contributed by atoms with Gasteiger partial charge >= 0.3 is 0 Å². The molecule has 0 saturated carbocycles. The van der Waals surface area contributed by atoms with E-state index in [9.17, 15) is 13.5 Å². The molecule has 0 amide bonds. The van der Waals surface area contributed by atoms with Gasteiger partial charge < -0.3 is 10.0 Å². The van der Waals surface area contributed by atoms with Crippen molar-refractivity contribution in [2.24, 2.45) is 5.41 Å². The Morgan fingerprint density at radius 2 is 1.72 bits per heavy atom. The number of nitrogens with zero attached hydrogens (tertiary/aromatic N) is 2. The van der Waals surface area contributed by atoms with Crippen LogP contribution >= 0.6 is 0 Å². The molecule has 0 aromatic heterocycles.